The lowest BCUT2D eigenvalue weighted by atomic mass is 9.78. The van der Waals surface area contributed by atoms with E-state index in [-0.39, 0.29) is 41.0 Å². The fourth-order valence-corrected chi connectivity index (χ4v) is 7.92. The Balaban J connectivity index is 1.18. The Morgan fingerprint density at radius 3 is 1.93 bits per heavy atom. The quantitative estimate of drug-likeness (QED) is 0.162. The van der Waals surface area contributed by atoms with Gasteiger partial charge in [0.25, 0.3) is 5.92 Å². The van der Waals surface area contributed by atoms with E-state index in [4.69, 9.17) is 11.8 Å². The molecule has 0 aliphatic carbocycles. The number of fused-ring (bicyclic) bond motifs is 4. The van der Waals surface area contributed by atoms with Crippen LogP contribution in [0.15, 0.2) is 164 Å². The Morgan fingerprint density at radius 2 is 1.20 bits per heavy atom. The molecule has 0 saturated carbocycles. The first-order chi connectivity index (χ1) is 29.0. The molecule has 3 heterocycles. The van der Waals surface area contributed by atoms with Gasteiger partial charge >= 0.3 is 0 Å². The molecule has 0 saturated heterocycles. The maximum atomic E-state index is 17.6. The number of pyridine rings is 1. The van der Waals surface area contributed by atoms with Gasteiger partial charge in [-0.05, 0) is 88.8 Å². The highest BCUT2D eigenvalue weighted by Crippen LogP contribution is 2.47. The minimum Gasteiger partial charge on any atom is -0.321 e. The Hall–Kier alpha value is -6.27. The van der Waals surface area contributed by atoms with Crippen LogP contribution >= 0.6 is 0 Å². The average Bonchev–Trinajstić information content (AvgIpc) is 3.81. The van der Waals surface area contributed by atoms with Gasteiger partial charge < -0.3 is 9.80 Å². The van der Waals surface area contributed by atoms with E-state index in [0.29, 0.717) is 34.0 Å². The largest absolute Gasteiger partial charge is 0.321 e. The zero-order valence-electron chi connectivity index (χ0n) is 37.0. The third-order valence-electron chi connectivity index (χ3n) is 11.2. The normalized spacial score (nSPS) is 14.7. The summed E-state index contributed by atoms with van der Waals surface area (Å²) in [5.41, 5.74) is 4.85. The van der Waals surface area contributed by atoms with Crippen molar-refractivity contribution < 1.29 is 15.6 Å². The van der Waals surface area contributed by atoms with Crippen molar-refractivity contribution in [1.82, 2.24) is 9.55 Å². The zero-order chi connectivity index (χ0) is 43.2. The van der Waals surface area contributed by atoms with Crippen molar-refractivity contribution in [3.63, 3.8) is 0 Å². The van der Waals surface area contributed by atoms with Gasteiger partial charge in [0.2, 0.25) is 0 Å². The summed E-state index contributed by atoms with van der Waals surface area (Å²) in [6, 6.07) is 37.3. The Kier molecular flexibility index (Phi) is 7.07. The molecule has 0 atom stereocenters. The molecule has 6 heteroatoms. The summed E-state index contributed by atoms with van der Waals surface area (Å²) in [7, 11) is 0. The van der Waals surface area contributed by atoms with Crippen LogP contribution in [0.1, 0.15) is 69.3 Å². The highest BCUT2D eigenvalue weighted by Gasteiger charge is 2.38. The third kappa shape index (κ3) is 5.92. The number of hydrogen-bond acceptors (Lipinski definition) is 3. The molecule has 0 bridgehead atoms. The summed E-state index contributed by atoms with van der Waals surface area (Å²) in [5.74, 6) is -2.83. The summed E-state index contributed by atoms with van der Waals surface area (Å²) >= 11 is 0. The molecule has 0 radical (unpaired) electrons. The van der Waals surface area contributed by atoms with Gasteiger partial charge in [-0.25, -0.2) is 4.98 Å². The molecule has 0 N–H and O–H groups in total. The highest BCUT2D eigenvalue weighted by atomic mass is 19.3. The van der Waals surface area contributed by atoms with E-state index in [1.807, 2.05) is 103 Å². The van der Waals surface area contributed by atoms with Crippen molar-refractivity contribution in [2.45, 2.75) is 51.4 Å². The summed E-state index contributed by atoms with van der Waals surface area (Å²) in [6.45, 7) is 10.3. The molecule has 56 heavy (non-hydrogen) atoms. The molecular formula is C50H44F2N4. The summed E-state index contributed by atoms with van der Waals surface area (Å²) in [5, 5.41) is 1.76. The molecule has 1 aliphatic heterocycles. The van der Waals surface area contributed by atoms with E-state index in [9.17, 15) is 0 Å². The van der Waals surface area contributed by atoms with Crippen LogP contribution in [0.25, 0.3) is 27.6 Å². The maximum absolute atomic E-state index is 17.6. The molecule has 0 amide bonds. The van der Waals surface area contributed by atoms with E-state index in [0.717, 1.165) is 27.4 Å². The molecule has 4 nitrogen and oxygen atoms in total. The lowest BCUT2D eigenvalue weighted by Gasteiger charge is -2.28. The van der Waals surface area contributed by atoms with Gasteiger partial charge in [0, 0.05) is 44.9 Å². The molecule has 0 spiro atoms. The van der Waals surface area contributed by atoms with Crippen molar-refractivity contribution in [3.8, 4) is 5.82 Å². The van der Waals surface area contributed by atoms with Crippen molar-refractivity contribution in [3.05, 3.63) is 192 Å². The van der Waals surface area contributed by atoms with Crippen molar-refractivity contribution in [2.75, 3.05) is 16.5 Å². The minimum atomic E-state index is -3.46. The predicted octanol–water partition coefficient (Wildman–Crippen LogP) is 13.2. The second-order valence-corrected chi connectivity index (χ2v) is 16.0. The lowest BCUT2D eigenvalue weighted by Crippen LogP contribution is -2.25. The first-order valence-corrected chi connectivity index (χ1v) is 18.8. The smallest absolute Gasteiger partial charge is 0.298 e. The maximum Gasteiger partial charge on any atom is 0.298 e. The van der Waals surface area contributed by atoms with E-state index in [1.165, 1.54) is 12.1 Å². The number of hydrogen-bond donors (Lipinski definition) is 0. The van der Waals surface area contributed by atoms with Gasteiger partial charge in [-0.2, -0.15) is 8.78 Å². The molecule has 278 valence electrons. The van der Waals surface area contributed by atoms with Crippen molar-refractivity contribution in [1.29, 1.82) is 0 Å². The van der Waals surface area contributed by atoms with Crippen LogP contribution in [0.2, 0.25) is 0 Å². The number of rotatable bonds is 7. The van der Waals surface area contributed by atoms with Gasteiger partial charge in [-0.1, -0.05) is 126 Å². The SMILES string of the molecule is [2H]c1c([2H])c([2H])c(N2CN(c3cc(C(C)(C)C)cc(C(F)(F)c4ccc5c6ccccc6n(-c6cc(C(C)(C)c7ccccc7)ccn6)c5c4)c3)c3ccccc32)c([2H])c1[2H]. The molecule has 2 aromatic heterocycles. The summed E-state index contributed by atoms with van der Waals surface area (Å²) < 4.78 is 79.4. The zero-order valence-corrected chi connectivity index (χ0v) is 32.0. The first-order valence-electron chi connectivity index (χ1n) is 21.3. The fourth-order valence-electron chi connectivity index (χ4n) is 7.92. The average molecular weight is 744 g/mol. The monoisotopic (exact) mass is 743 g/mol. The topological polar surface area (TPSA) is 24.3 Å². The van der Waals surface area contributed by atoms with Gasteiger partial charge in [-0.15, -0.1) is 0 Å². The van der Waals surface area contributed by atoms with E-state index in [1.54, 1.807) is 41.4 Å². The predicted molar refractivity (Wildman–Crippen MR) is 227 cm³/mol. The van der Waals surface area contributed by atoms with Crippen LogP contribution in [0, 0.1) is 0 Å². The Bertz CT molecular complexity index is 3000. The van der Waals surface area contributed by atoms with Crippen LogP contribution < -0.4 is 9.80 Å². The van der Waals surface area contributed by atoms with Gasteiger partial charge in [-0.3, -0.25) is 4.57 Å². The molecule has 1 aliphatic rings. The minimum absolute atomic E-state index is 0.0193. The standard InChI is InChI=1S/C50H44F2N4/c1-48(2,3)37-28-38(30-40(29-37)55-33-54(39-18-10-7-11-19-39)44-22-14-15-23-45(44)55)50(51,52)36-24-25-42-41-20-12-13-21-43(41)56(46(42)31-36)47-32-35(26-27-53-47)49(4,5)34-16-8-6-9-17-34/h6-32H,33H2,1-5H3/i7D,10D,11D,18D,19D. The van der Waals surface area contributed by atoms with Gasteiger partial charge in [0.1, 0.15) is 12.5 Å². The molecule has 9 rings (SSSR count). The molecule has 6 aromatic carbocycles. The Morgan fingerprint density at radius 1 is 0.554 bits per heavy atom. The molecule has 0 unspecified atom stereocenters. The number of halogens is 2. The Labute approximate surface area is 334 Å². The van der Waals surface area contributed by atoms with Crippen LogP contribution in [-0.4, -0.2) is 16.2 Å². The van der Waals surface area contributed by atoms with E-state index < -0.39 is 29.5 Å². The number of anilines is 4. The van der Waals surface area contributed by atoms with E-state index >= 15 is 8.78 Å². The van der Waals surface area contributed by atoms with Crippen LogP contribution in [0.3, 0.4) is 0 Å². The number of aromatic nitrogens is 2. The second kappa shape index (κ2) is 13.2. The first kappa shape index (κ1) is 30.0. The fraction of sp³-hybridized carbons (Fsp3) is 0.180. The van der Waals surface area contributed by atoms with Crippen LogP contribution in [0.5, 0.6) is 0 Å². The highest BCUT2D eigenvalue weighted by molar-refractivity contribution is 6.09. The summed E-state index contributed by atoms with van der Waals surface area (Å²) in [4.78, 5) is 8.34. The van der Waals surface area contributed by atoms with Crippen LogP contribution in [-0.2, 0) is 16.8 Å². The molecular weight excluding hydrogens is 695 g/mol. The molecule has 0 fully saturated rings. The van der Waals surface area contributed by atoms with E-state index in [2.05, 4.69) is 26.0 Å². The van der Waals surface area contributed by atoms with Crippen molar-refractivity contribution >= 4 is 44.6 Å². The number of para-hydroxylation sites is 4. The third-order valence-corrected chi connectivity index (χ3v) is 11.2. The lowest BCUT2D eigenvalue weighted by molar-refractivity contribution is 0.0428. The second-order valence-electron chi connectivity index (χ2n) is 16.0. The van der Waals surface area contributed by atoms with Crippen molar-refractivity contribution in [2.24, 2.45) is 0 Å². The number of alkyl halides is 2. The van der Waals surface area contributed by atoms with Gasteiger partial charge in [0.15, 0.2) is 0 Å². The number of benzene rings is 6. The number of nitrogens with zero attached hydrogens (tertiary/aromatic N) is 4. The van der Waals surface area contributed by atoms with Gasteiger partial charge in [0.05, 0.1) is 29.3 Å². The summed E-state index contributed by atoms with van der Waals surface area (Å²) in [6.07, 6.45) is 1.78. The van der Waals surface area contributed by atoms with Crippen LogP contribution in [0.4, 0.5) is 31.5 Å². The molecule has 8 aromatic rings.